The largest absolute Gasteiger partial charge is 0.491 e. The minimum atomic E-state index is -1.16. The van der Waals surface area contributed by atoms with Crippen LogP contribution in [0.5, 0.6) is 5.75 Å². The van der Waals surface area contributed by atoms with Gasteiger partial charge in [-0.05, 0) is 77.2 Å². The summed E-state index contributed by atoms with van der Waals surface area (Å²) in [6, 6.07) is 4.19. The maximum Gasteiger partial charge on any atom is 0.255 e. The number of nitrogens with one attached hydrogen (secondary N) is 4. The third kappa shape index (κ3) is 10.5. The van der Waals surface area contributed by atoms with Crippen molar-refractivity contribution < 1.29 is 28.7 Å². The normalized spacial score (nSPS) is 23.1. The fourth-order valence-electron chi connectivity index (χ4n) is 5.22. The highest BCUT2D eigenvalue weighted by Gasteiger charge is 2.30. The first-order chi connectivity index (χ1) is 20.6. The molecule has 5 amide bonds. The number of benzene rings is 1. The van der Waals surface area contributed by atoms with Gasteiger partial charge in [-0.3, -0.25) is 24.0 Å². The van der Waals surface area contributed by atoms with Crippen molar-refractivity contribution in [2.75, 3.05) is 45.9 Å². The van der Waals surface area contributed by atoms with Crippen LogP contribution in [0.1, 0.15) is 70.2 Å². The smallest absolute Gasteiger partial charge is 0.255 e. The van der Waals surface area contributed by atoms with Crippen LogP contribution in [0.25, 0.3) is 0 Å². The number of rotatable bonds is 8. The average Bonchev–Trinajstić information content (AvgIpc) is 3.50. The van der Waals surface area contributed by atoms with Gasteiger partial charge in [0.25, 0.3) is 5.91 Å². The van der Waals surface area contributed by atoms with Crippen LogP contribution in [0.4, 0.5) is 0 Å². The van der Waals surface area contributed by atoms with Gasteiger partial charge in [0.05, 0.1) is 24.6 Å². The highest BCUT2D eigenvalue weighted by atomic mass is 16.5. The molecule has 2 aliphatic heterocycles. The quantitative estimate of drug-likeness (QED) is 0.326. The van der Waals surface area contributed by atoms with E-state index in [4.69, 9.17) is 4.74 Å². The van der Waals surface area contributed by atoms with Crippen LogP contribution in [-0.2, 0) is 19.2 Å². The fourth-order valence-corrected chi connectivity index (χ4v) is 5.22. The molecule has 43 heavy (non-hydrogen) atoms. The molecular weight excluding hydrogens is 552 g/mol. The Balaban J connectivity index is 1.79. The van der Waals surface area contributed by atoms with Gasteiger partial charge in [0.1, 0.15) is 24.4 Å². The number of para-hydroxylation sites is 1. The summed E-state index contributed by atoms with van der Waals surface area (Å²) >= 11 is 0. The van der Waals surface area contributed by atoms with Crippen molar-refractivity contribution in [3.05, 3.63) is 29.8 Å². The Morgan fingerprint density at radius 1 is 1.05 bits per heavy atom. The molecule has 4 N–H and O–H groups in total. The number of hydrogen-bond donors (Lipinski definition) is 4. The number of amides is 5. The van der Waals surface area contributed by atoms with Gasteiger partial charge in [-0.25, -0.2) is 0 Å². The van der Waals surface area contributed by atoms with E-state index < -0.39 is 41.8 Å². The summed E-state index contributed by atoms with van der Waals surface area (Å²) in [6.45, 7) is 10.7. The van der Waals surface area contributed by atoms with Crippen LogP contribution in [-0.4, -0.2) is 103 Å². The molecular formula is C31H48N6O6. The first kappa shape index (κ1) is 33.8. The average molecular weight is 601 g/mol. The molecule has 12 nitrogen and oxygen atoms in total. The lowest BCUT2D eigenvalue weighted by Gasteiger charge is -2.27. The Kier molecular flexibility index (Phi) is 13.2. The lowest BCUT2D eigenvalue weighted by Crippen LogP contribution is -2.55. The Labute approximate surface area is 254 Å². The van der Waals surface area contributed by atoms with Crippen molar-refractivity contribution in [3.63, 3.8) is 0 Å². The van der Waals surface area contributed by atoms with Crippen LogP contribution in [0.3, 0.4) is 0 Å². The Bertz CT molecular complexity index is 1120. The molecule has 238 valence electrons. The highest BCUT2D eigenvalue weighted by molar-refractivity contribution is 6.01. The highest BCUT2D eigenvalue weighted by Crippen LogP contribution is 2.19. The lowest BCUT2D eigenvalue weighted by atomic mass is 10.0. The predicted molar refractivity (Wildman–Crippen MR) is 162 cm³/mol. The van der Waals surface area contributed by atoms with E-state index in [0.29, 0.717) is 6.54 Å². The van der Waals surface area contributed by atoms with Gasteiger partial charge in [0.2, 0.25) is 23.6 Å². The van der Waals surface area contributed by atoms with Gasteiger partial charge >= 0.3 is 0 Å². The number of carbonyl (C=O) groups excluding carboxylic acids is 5. The van der Waals surface area contributed by atoms with E-state index in [1.165, 1.54) is 17.7 Å². The van der Waals surface area contributed by atoms with Gasteiger partial charge in [0.15, 0.2) is 0 Å². The molecule has 0 unspecified atom stereocenters. The second-order valence-electron chi connectivity index (χ2n) is 11.7. The van der Waals surface area contributed by atoms with Gasteiger partial charge in [-0.1, -0.05) is 26.0 Å². The van der Waals surface area contributed by atoms with Gasteiger partial charge in [-0.2, -0.15) is 0 Å². The molecule has 0 bridgehead atoms. The summed E-state index contributed by atoms with van der Waals surface area (Å²) < 4.78 is 5.90. The molecule has 2 aliphatic rings. The number of likely N-dealkylation sites (tertiary alicyclic amines) is 1. The van der Waals surface area contributed by atoms with Crippen LogP contribution in [0, 0.1) is 5.92 Å². The standard InChI is InChI=1S/C31H48N6O6/c1-5-37-19-26(38)35-28(21(2)3)31(42)33-22(4)20-43-25-13-7-6-12-23(25)29(40)34-24(18-27(37)39)30(41)32-14-8-9-15-36-16-10-11-17-36/h6-7,12-13,21-22,24,28H,5,8-11,14-20H2,1-4H3,(H,32,41)(H,33,42)(H,34,40)(H,35,38)/t22-,24-,28+/m0/s1. The molecule has 0 aliphatic carbocycles. The summed E-state index contributed by atoms with van der Waals surface area (Å²) in [6.07, 6.45) is 3.83. The number of carbonyl (C=O) groups is 5. The fraction of sp³-hybridized carbons (Fsp3) is 0.645. The minimum Gasteiger partial charge on any atom is -0.491 e. The van der Waals surface area contributed by atoms with E-state index in [-0.39, 0.29) is 49.3 Å². The first-order valence-electron chi connectivity index (χ1n) is 15.5. The molecule has 0 saturated carbocycles. The summed E-state index contributed by atoms with van der Waals surface area (Å²) in [5.41, 5.74) is 0.199. The molecule has 1 fully saturated rings. The molecule has 3 atom stereocenters. The predicted octanol–water partition coefficient (Wildman–Crippen LogP) is 1.05. The van der Waals surface area contributed by atoms with Crippen molar-refractivity contribution in [2.45, 2.75) is 77.9 Å². The molecule has 0 spiro atoms. The molecule has 1 saturated heterocycles. The van der Waals surface area contributed by atoms with Gasteiger partial charge in [0, 0.05) is 13.1 Å². The SMILES string of the molecule is CCN1CC(=O)N[C@H](C(C)C)C(=O)N[C@@H](C)COc2ccccc2C(=O)N[C@H](C(=O)NCCCCN2CCCC2)CC1=O. The van der Waals surface area contributed by atoms with E-state index in [0.717, 1.165) is 32.5 Å². The zero-order chi connectivity index (χ0) is 31.4. The minimum absolute atomic E-state index is 0.0677. The van der Waals surface area contributed by atoms with E-state index in [1.54, 1.807) is 38.1 Å². The molecule has 2 heterocycles. The number of unbranched alkanes of at least 4 members (excludes halogenated alkanes) is 1. The molecule has 1 aromatic rings. The van der Waals surface area contributed by atoms with Crippen LogP contribution < -0.4 is 26.0 Å². The van der Waals surface area contributed by atoms with Gasteiger partial charge < -0.3 is 35.8 Å². The van der Waals surface area contributed by atoms with E-state index in [2.05, 4.69) is 26.2 Å². The van der Waals surface area contributed by atoms with Crippen molar-refractivity contribution in [1.29, 1.82) is 0 Å². The summed E-state index contributed by atoms with van der Waals surface area (Å²) in [7, 11) is 0. The van der Waals surface area contributed by atoms with E-state index >= 15 is 0 Å². The Morgan fingerprint density at radius 3 is 2.47 bits per heavy atom. The molecule has 1 aromatic carbocycles. The maximum atomic E-state index is 13.4. The topological polar surface area (TPSA) is 149 Å². The summed E-state index contributed by atoms with van der Waals surface area (Å²) in [5, 5.41) is 11.2. The number of likely N-dealkylation sites (N-methyl/N-ethyl adjacent to an activating group) is 1. The second-order valence-corrected chi connectivity index (χ2v) is 11.7. The molecule has 0 aromatic heterocycles. The van der Waals surface area contributed by atoms with Gasteiger partial charge in [-0.15, -0.1) is 0 Å². The van der Waals surface area contributed by atoms with Crippen LogP contribution in [0.15, 0.2) is 24.3 Å². The zero-order valence-electron chi connectivity index (χ0n) is 25.9. The van der Waals surface area contributed by atoms with E-state index in [9.17, 15) is 24.0 Å². The molecule has 3 rings (SSSR count). The van der Waals surface area contributed by atoms with Crippen molar-refractivity contribution >= 4 is 29.5 Å². The number of nitrogens with zero attached hydrogens (tertiary/aromatic N) is 2. The first-order valence-corrected chi connectivity index (χ1v) is 15.5. The second kappa shape index (κ2) is 16.8. The molecule has 12 heteroatoms. The lowest BCUT2D eigenvalue weighted by molar-refractivity contribution is -0.138. The maximum absolute atomic E-state index is 13.4. The van der Waals surface area contributed by atoms with E-state index in [1.807, 2.05) is 13.8 Å². The summed E-state index contributed by atoms with van der Waals surface area (Å²) in [5.74, 6) is -2.31. The number of fused-ring (bicyclic) bond motifs is 1. The monoisotopic (exact) mass is 600 g/mol. The number of ether oxygens (including phenoxy) is 1. The summed E-state index contributed by atoms with van der Waals surface area (Å²) in [4.78, 5) is 69.7. The van der Waals surface area contributed by atoms with Crippen LogP contribution >= 0.6 is 0 Å². The van der Waals surface area contributed by atoms with Crippen LogP contribution in [0.2, 0.25) is 0 Å². The third-order valence-electron chi connectivity index (χ3n) is 7.74. The Hall–Kier alpha value is -3.67. The third-order valence-corrected chi connectivity index (χ3v) is 7.74. The molecule has 0 radical (unpaired) electrons. The zero-order valence-corrected chi connectivity index (χ0v) is 25.9. The number of hydrogen-bond acceptors (Lipinski definition) is 7. The van der Waals surface area contributed by atoms with Crippen molar-refractivity contribution in [3.8, 4) is 5.75 Å². The van der Waals surface area contributed by atoms with Crippen molar-refractivity contribution in [2.24, 2.45) is 5.92 Å². The van der Waals surface area contributed by atoms with Crippen molar-refractivity contribution in [1.82, 2.24) is 31.1 Å². The Morgan fingerprint density at radius 2 is 1.77 bits per heavy atom.